The molecule has 7 nitrogen and oxygen atoms in total. The minimum atomic E-state index is -0.789. The Morgan fingerprint density at radius 1 is 1.19 bits per heavy atom. The molecule has 5 rings (SSSR count). The van der Waals surface area contributed by atoms with Crippen molar-refractivity contribution in [1.29, 1.82) is 0 Å². The van der Waals surface area contributed by atoms with E-state index in [0.29, 0.717) is 17.7 Å². The van der Waals surface area contributed by atoms with Crippen LogP contribution in [0.4, 0.5) is 10.2 Å². The van der Waals surface area contributed by atoms with Crippen LogP contribution in [0.15, 0.2) is 49.1 Å². The van der Waals surface area contributed by atoms with Crippen molar-refractivity contribution in [3.05, 3.63) is 49.1 Å². The maximum absolute atomic E-state index is 14.6. The van der Waals surface area contributed by atoms with Crippen molar-refractivity contribution >= 4 is 5.82 Å². The minimum absolute atomic E-state index is 0.135. The molecule has 4 heterocycles. The van der Waals surface area contributed by atoms with Crippen molar-refractivity contribution in [2.75, 3.05) is 19.0 Å². The molecule has 2 fully saturated rings. The maximum atomic E-state index is 14.6. The van der Waals surface area contributed by atoms with Crippen molar-refractivity contribution in [2.24, 2.45) is 0 Å². The number of hydrogen-bond acceptors (Lipinski definition) is 6. The number of anilines is 1. The van der Waals surface area contributed by atoms with Crippen LogP contribution in [0.1, 0.15) is 26.2 Å². The summed E-state index contributed by atoms with van der Waals surface area (Å²) in [6.45, 7) is 2.03. The summed E-state index contributed by atoms with van der Waals surface area (Å²) in [7, 11) is 4.05. The fourth-order valence-electron chi connectivity index (χ4n) is 5.14. The molecular weight excluding hydrogens is 395 g/mol. The molecule has 0 saturated carbocycles. The van der Waals surface area contributed by atoms with Crippen LogP contribution in [-0.2, 0) is 0 Å². The predicted octanol–water partition coefficient (Wildman–Crippen LogP) is 3.43. The molecule has 3 aromatic rings. The Labute approximate surface area is 181 Å². The molecule has 0 unspecified atom stereocenters. The Hall–Kier alpha value is -3.00. The number of nitrogens with zero attached hydrogens (tertiary/aromatic N) is 6. The fraction of sp³-hybridized carbons (Fsp3) is 0.435. The van der Waals surface area contributed by atoms with E-state index in [0.717, 1.165) is 24.3 Å². The fourth-order valence-corrected chi connectivity index (χ4v) is 5.14. The van der Waals surface area contributed by atoms with Crippen LogP contribution in [0.2, 0.25) is 0 Å². The van der Waals surface area contributed by atoms with Crippen molar-refractivity contribution in [1.82, 2.24) is 24.6 Å². The molecule has 0 aliphatic carbocycles. The average Bonchev–Trinajstić information content (AvgIpc) is 3.34. The number of benzene rings is 1. The third-order valence-electron chi connectivity index (χ3n) is 7.32. The van der Waals surface area contributed by atoms with Gasteiger partial charge in [-0.05, 0) is 57.5 Å². The summed E-state index contributed by atoms with van der Waals surface area (Å²) in [5.74, 6) is 0.890. The van der Waals surface area contributed by atoms with Crippen LogP contribution in [0.5, 0.6) is 5.75 Å². The van der Waals surface area contributed by atoms with Crippen LogP contribution < -0.4 is 4.90 Å². The molecule has 2 bridgehead atoms. The number of phenolic OH excluding ortho intramolecular Hbond substituents is 1. The van der Waals surface area contributed by atoms with Crippen LogP contribution in [0.25, 0.3) is 16.9 Å². The summed E-state index contributed by atoms with van der Waals surface area (Å²) in [5.41, 5.74) is 1.62. The molecule has 1 aromatic carbocycles. The summed E-state index contributed by atoms with van der Waals surface area (Å²) < 4.78 is 16.5. The average molecular weight is 423 g/mol. The van der Waals surface area contributed by atoms with Gasteiger partial charge in [-0.3, -0.25) is 4.90 Å². The number of aromatic hydroxyl groups is 1. The minimum Gasteiger partial charge on any atom is -0.507 e. The SMILES string of the molecule is CN(c1ccc(-c2ccc(-n3ccnc3)cc2O)nn1)[C@H]1C[C@@H]2C[C@H](F)[C@](C)(C1)N2C. The zero-order valence-corrected chi connectivity index (χ0v) is 18.0. The van der Waals surface area contributed by atoms with E-state index >= 15 is 0 Å². The van der Waals surface area contributed by atoms with Gasteiger partial charge in [0.15, 0.2) is 5.82 Å². The van der Waals surface area contributed by atoms with Crippen LogP contribution in [0.3, 0.4) is 0 Å². The van der Waals surface area contributed by atoms with Gasteiger partial charge >= 0.3 is 0 Å². The van der Waals surface area contributed by atoms with Gasteiger partial charge in [-0.15, -0.1) is 10.2 Å². The number of imidazole rings is 1. The highest BCUT2D eigenvalue weighted by Gasteiger charge is 2.54. The summed E-state index contributed by atoms with van der Waals surface area (Å²) in [6.07, 6.45) is 6.69. The first kappa shape index (κ1) is 19.9. The second-order valence-corrected chi connectivity index (χ2v) is 8.98. The lowest BCUT2D eigenvalue weighted by Crippen LogP contribution is -2.56. The van der Waals surface area contributed by atoms with Crippen molar-refractivity contribution in [3.8, 4) is 22.7 Å². The lowest BCUT2D eigenvalue weighted by Gasteiger charge is -2.46. The first-order valence-electron chi connectivity index (χ1n) is 10.6. The molecule has 2 saturated heterocycles. The lowest BCUT2D eigenvalue weighted by atomic mass is 9.86. The van der Waals surface area contributed by atoms with Gasteiger partial charge in [-0.25, -0.2) is 9.37 Å². The quantitative estimate of drug-likeness (QED) is 0.695. The summed E-state index contributed by atoms with van der Waals surface area (Å²) in [5, 5.41) is 19.3. The molecule has 2 aliphatic heterocycles. The third kappa shape index (κ3) is 3.26. The molecule has 162 valence electrons. The van der Waals surface area contributed by atoms with Gasteiger partial charge in [-0.1, -0.05) is 0 Å². The number of hydrogen-bond donors (Lipinski definition) is 1. The highest BCUT2D eigenvalue weighted by molar-refractivity contribution is 5.69. The number of phenols is 1. The Morgan fingerprint density at radius 2 is 2.03 bits per heavy atom. The number of aromatic nitrogens is 4. The van der Waals surface area contributed by atoms with E-state index in [4.69, 9.17) is 0 Å². The highest BCUT2D eigenvalue weighted by Crippen LogP contribution is 2.46. The van der Waals surface area contributed by atoms with Crippen molar-refractivity contribution in [3.63, 3.8) is 0 Å². The van der Waals surface area contributed by atoms with Crippen LogP contribution in [0, 0.1) is 0 Å². The number of rotatable bonds is 4. The third-order valence-corrected chi connectivity index (χ3v) is 7.32. The van der Waals surface area contributed by atoms with Crippen LogP contribution >= 0.6 is 0 Å². The predicted molar refractivity (Wildman–Crippen MR) is 117 cm³/mol. The zero-order valence-electron chi connectivity index (χ0n) is 18.0. The number of piperidine rings is 1. The smallest absolute Gasteiger partial charge is 0.151 e. The molecule has 0 spiro atoms. The molecule has 2 aliphatic rings. The van der Waals surface area contributed by atoms with Gasteiger partial charge in [-0.2, -0.15) is 0 Å². The van der Waals surface area contributed by atoms with Gasteiger partial charge in [0, 0.05) is 43.2 Å². The molecule has 0 radical (unpaired) electrons. The monoisotopic (exact) mass is 422 g/mol. The topological polar surface area (TPSA) is 70.3 Å². The van der Waals surface area contributed by atoms with Gasteiger partial charge in [0.05, 0.1) is 23.2 Å². The van der Waals surface area contributed by atoms with Crippen LogP contribution in [-0.4, -0.2) is 67.6 Å². The second-order valence-electron chi connectivity index (χ2n) is 8.98. The number of halogens is 1. The maximum Gasteiger partial charge on any atom is 0.151 e. The van der Waals surface area contributed by atoms with E-state index in [1.807, 2.05) is 56.0 Å². The summed E-state index contributed by atoms with van der Waals surface area (Å²) >= 11 is 0. The standard InChI is InChI=1S/C23H27FN6O/c1-23-13-17(10-16(29(23)3)12-21(23)24)28(2)22-7-6-19(26-27-22)18-5-4-15(11-20(18)31)30-9-8-25-14-30/h4-9,11,14,16-17,21,31H,10,12-13H2,1-3H3/t16-,17+,21+,23+/m1/s1. The van der Waals surface area contributed by atoms with E-state index in [2.05, 4.69) is 25.0 Å². The van der Waals surface area contributed by atoms with Gasteiger partial charge in [0.1, 0.15) is 11.9 Å². The van der Waals surface area contributed by atoms with E-state index in [1.54, 1.807) is 18.6 Å². The van der Waals surface area contributed by atoms with E-state index in [-0.39, 0.29) is 17.8 Å². The molecule has 1 N–H and O–H groups in total. The highest BCUT2D eigenvalue weighted by atomic mass is 19.1. The van der Waals surface area contributed by atoms with E-state index in [1.165, 1.54) is 0 Å². The summed E-state index contributed by atoms with van der Waals surface area (Å²) in [4.78, 5) is 8.37. The Kier molecular flexibility index (Phi) is 4.69. The van der Waals surface area contributed by atoms with Gasteiger partial charge < -0.3 is 14.6 Å². The number of alkyl halides is 1. The Bertz CT molecular complexity index is 1070. The molecular formula is C23H27FN6O. The second kappa shape index (κ2) is 7.30. The first-order valence-corrected chi connectivity index (χ1v) is 10.6. The number of fused-ring (bicyclic) bond motifs is 2. The van der Waals surface area contributed by atoms with Gasteiger partial charge in [0.25, 0.3) is 0 Å². The largest absolute Gasteiger partial charge is 0.507 e. The summed E-state index contributed by atoms with van der Waals surface area (Å²) in [6, 6.07) is 9.68. The zero-order chi connectivity index (χ0) is 21.8. The van der Waals surface area contributed by atoms with E-state index < -0.39 is 11.7 Å². The first-order chi connectivity index (χ1) is 14.9. The van der Waals surface area contributed by atoms with Crippen molar-refractivity contribution in [2.45, 2.75) is 50.0 Å². The normalized spacial score (nSPS) is 28.1. The van der Waals surface area contributed by atoms with Crippen molar-refractivity contribution < 1.29 is 9.50 Å². The lowest BCUT2D eigenvalue weighted by molar-refractivity contribution is 0.0505. The van der Waals surface area contributed by atoms with E-state index in [9.17, 15) is 9.50 Å². The molecule has 4 atom stereocenters. The Morgan fingerprint density at radius 3 is 2.68 bits per heavy atom. The molecule has 0 amide bonds. The molecule has 31 heavy (non-hydrogen) atoms. The molecule has 8 heteroatoms. The molecule has 2 aromatic heterocycles. The van der Waals surface area contributed by atoms with Gasteiger partial charge in [0.2, 0.25) is 0 Å². The Balaban J connectivity index is 1.35.